The fourth-order valence-electron chi connectivity index (χ4n) is 2.94. The van der Waals surface area contributed by atoms with Crippen LogP contribution in [0.5, 0.6) is 0 Å². The number of nitrogens with one attached hydrogen (secondary N) is 2. The van der Waals surface area contributed by atoms with E-state index in [0.717, 1.165) is 26.1 Å². The predicted molar refractivity (Wildman–Crippen MR) is 66.7 cm³/mol. The van der Waals surface area contributed by atoms with Crippen LogP contribution in [0.4, 0.5) is 0 Å². The third-order valence-electron chi connectivity index (χ3n) is 4.18. The number of hydrogen-bond acceptors (Lipinski definition) is 3. The summed E-state index contributed by atoms with van der Waals surface area (Å²) in [6.45, 7) is 5.68. The monoisotopic (exact) mass is 240 g/mol. The molecule has 2 unspecified atom stereocenters. The van der Waals surface area contributed by atoms with E-state index >= 15 is 0 Å². The molecule has 1 amide bonds. The van der Waals surface area contributed by atoms with Gasteiger partial charge < -0.3 is 15.4 Å². The molecule has 2 atom stereocenters. The van der Waals surface area contributed by atoms with Crippen LogP contribution in [0.2, 0.25) is 0 Å². The molecule has 4 heteroatoms. The second kappa shape index (κ2) is 5.36. The number of carbonyl (C=O) groups excluding carboxylic acids is 1. The molecule has 98 valence electrons. The molecule has 0 bridgehead atoms. The van der Waals surface area contributed by atoms with Gasteiger partial charge in [0.05, 0.1) is 6.61 Å². The van der Waals surface area contributed by atoms with E-state index in [-0.39, 0.29) is 11.8 Å². The summed E-state index contributed by atoms with van der Waals surface area (Å²) < 4.78 is 5.06. The zero-order valence-electron chi connectivity index (χ0n) is 10.9. The number of piperidine rings is 1. The van der Waals surface area contributed by atoms with Crippen LogP contribution in [0.3, 0.4) is 0 Å². The van der Waals surface area contributed by atoms with Gasteiger partial charge in [-0.05, 0) is 43.7 Å². The minimum Gasteiger partial charge on any atom is -0.384 e. The Bertz CT molecular complexity index is 275. The molecule has 1 aliphatic heterocycles. The average Bonchev–Trinajstić information content (AvgIpc) is 3.01. The van der Waals surface area contributed by atoms with E-state index in [0.29, 0.717) is 17.9 Å². The highest BCUT2D eigenvalue weighted by atomic mass is 16.5. The first kappa shape index (κ1) is 12.8. The second-order valence-electron chi connectivity index (χ2n) is 5.67. The van der Waals surface area contributed by atoms with Crippen molar-refractivity contribution in [3.8, 4) is 0 Å². The molecule has 2 aliphatic rings. The molecule has 4 nitrogen and oxygen atoms in total. The van der Waals surface area contributed by atoms with Crippen molar-refractivity contribution >= 4 is 5.91 Å². The lowest BCUT2D eigenvalue weighted by molar-refractivity contribution is -0.123. The van der Waals surface area contributed by atoms with Crippen LogP contribution < -0.4 is 10.6 Å². The van der Waals surface area contributed by atoms with Crippen LogP contribution in [-0.2, 0) is 9.53 Å². The Morgan fingerprint density at radius 3 is 2.88 bits per heavy atom. The fourth-order valence-corrected chi connectivity index (χ4v) is 2.94. The van der Waals surface area contributed by atoms with Gasteiger partial charge in [0, 0.05) is 19.6 Å². The third-order valence-corrected chi connectivity index (χ3v) is 4.18. The zero-order valence-corrected chi connectivity index (χ0v) is 10.9. The van der Waals surface area contributed by atoms with Gasteiger partial charge in [-0.1, -0.05) is 6.92 Å². The molecule has 1 aliphatic carbocycles. The standard InChI is InChI=1S/C13H24N2O2/c1-10(9-17-2)8-15-12(16)11-7-13(11)3-5-14-6-4-13/h10-11,14H,3-9H2,1-2H3,(H,15,16). The van der Waals surface area contributed by atoms with Gasteiger partial charge in [-0.15, -0.1) is 0 Å². The number of amides is 1. The molecule has 1 saturated carbocycles. The number of rotatable bonds is 5. The van der Waals surface area contributed by atoms with E-state index in [9.17, 15) is 4.79 Å². The summed E-state index contributed by atoms with van der Waals surface area (Å²) >= 11 is 0. The summed E-state index contributed by atoms with van der Waals surface area (Å²) in [7, 11) is 1.70. The van der Waals surface area contributed by atoms with Gasteiger partial charge >= 0.3 is 0 Å². The van der Waals surface area contributed by atoms with Crippen molar-refractivity contribution in [1.82, 2.24) is 10.6 Å². The molecule has 0 aromatic heterocycles. The maximum Gasteiger partial charge on any atom is 0.223 e. The van der Waals surface area contributed by atoms with Crippen LogP contribution in [-0.4, -0.2) is 39.3 Å². The molecule has 0 radical (unpaired) electrons. The number of carbonyl (C=O) groups is 1. The minimum atomic E-state index is 0.259. The van der Waals surface area contributed by atoms with E-state index in [4.69, 9.17) is 4.74 Å². The first-order chi connectivity index (χ1) is 8.18. The molecule has 1 saturated heterocycles. The molecular formula is C13H24N2O2. The van der Waals surface area contributed by atoms with Crippen LogP contribution in [0.25, 0.3) is 0 Å². The summed E-state index contributed by atoms with van der Waals surface area (Å²) in [5.74, 6) is 0.931. The SMILES string of the molecule is COCC(C)CNC(=O)C1CC12CCNCC2. The molecule has 2 fully saturated rings. The zero-order chi connectivity index (χ0) is 12.3. The molecule has 0 aromatic carbocycles. The Labute approximate surface area is 103 Å². The molecule has 1 spiro atoms. The van der Waals surface area contributed by atoms with Crippen molar-refractivity contribution in [1.29, 1.82) is 0 Å². The van der Waals surface area contributed by atoms with Crippen molar-refractivity contribution in [3.63, 3.8) is 0 Å². The van der Waals surface area contributed by atoms with E-state index in [1.165, 1.54) is 12.8 Å². The van der Waals surface area contributed by atoms with Crippen LogP contribution in [0.15, 0.2) is 0 Å². The molecule has 0 aromatic rings. The number of ether oxygens (including phenoxy) is 1. The Kier molecular flexibility index (Phi) is 4.05. The fraction of sp³-hybridized carbons (Fsp3) is 0.923. The van der Waals surface area contributed by atoms with Crippen LogP contribution in [0, 0.1) is 17.3 Å². The molecule has 2 N–H and O–H groups in total. The van der Waals surface area contributed by atoms with E-state index in [1.807, 2.05) is 0 Å². The van der Waals surface area contributed by atoms with Gasteiger partial charge in [0.25, 0.3) is 0 Å². The second-order valence-corrected chi connectivity index (χ2v) is 5.67. The van der Waals surface area contributed by atoms with Gasteiger partial charge in [-0.25, -0.2) is 0 Å². The van der Waals surface area contributed by atoms with Crippen LogP contribution in [0.1, 0.15) is 26.2 Å². The van der Waals surface area contributed by atoms with E-state index < -0.39 is 0 Å². The summed E-state index contributed by atoms with van der Waals surface area (Å²) in [6, 6.07) is 0. The lowest BCUT2D eigenvalue weighted by Crippen LogP contribution is -2.35. The van der Waals surface area contributed by atoms with Gasteiger partial charge in [0.15, 0.2) is 0 Å². The Morgan fingerprint density at radius 2 is 2.24 bits per heavy atom. The van der Waals surface area contributed by atoms with Gasteiger partial charge in [-0.3, -0.25) is 4.79 Å². The highest BCUT2D eigenvalue weighted by Crippen LogP contribution is 2.58. The lowest BCUT2D eigenvalue weighted by atomic mass is 9.92. The quantitative estimate of drug-likeness (QED) is 0.746. The first-order valence-electron chi connectivity index (χ1n) is 6.65. The highest BCUT2D eigenvalue weighted by molar-refractivity contribution is 5.82. The molecule has 17 heavy (non-hydrogen) atoms. The molecular weight excluding hydrogens is 216 g/mol. The summed E-state index contributed by atoms with van der Waals surface area (Å²) in [4.78, 5) is 12.0. The highest BCUT2D eigenvalue weighted by Gasteiger charge is 2.57. The maximum atomic E-state index is 12.0. The first-order valence-corrected chi connectivity index (χ1v) is 6.65. The van der Waals surface area contributed by atoms with Gasteiger partial charge in [0.1, 0.15) is 0 Å². The topological polar surface area (TPSA) is 50.4 Å². The van der Waals surface area contributed by atoms with Gasteiger partial charge in [-0.2, -0.15) is 0 Å². The summed E-state index contributed by atoms with van der Waals surface area (Å²) in [6.07, 6.45) is 3.43. The van der Waals surface area contributed by atoms with E-state index in [1.54, 1.807) is 7.11 Å². The smallest absolute Gasteiger partial charge is 0.223 e. The van der Waals surface area contributed by atoms with Crippen molar-refractivity contribution < 1.29 is 9.53 Å². The number of methoxy groups -OCH3 is 1. The Hall–Kier alpha value is -0.610. The summed E-state index contributed by atoms with van der Waals surface area (Å²) in [5, 5.41) is 6.42. The third kappa shape index (κ3) is 2.99. The normalized spacial score (nSPS) is 27.8. The van der Waals surface area contributed by atoms with Crippen LogP contribution >= 0.6 is 0 Å². The number of hydrogen-bond donors (Lipinski definition) is 2. The minimum absolute atomic E-state index is 0.259. The van der Waals surface area contributed by atoms with Crippen molar-refractivity contribution in [2.75, 3.05) is 33.4 Å². The summed E-state index contributed by atoms with van der Waals surface area (Å²) in [5.41, 5.74) is 0.347. The maximum absolute atomic E-state index is 12.0. The van der Waals surface area contributed by atoms with Crippen molar-refractivity contribution in [3.05, 3.63) is 0 Å². The predicted octanol–water partition coefficient (Wildman–Crippen LogP) is 0.775. The van der Waals surface area contributed by atoms with Gasteiger partial charge in [0.2, 0.25) is 5.91 Å². The lowest BCUT2D eigenvalue weighted by Gasteiger charge is -2.23. The largest absolute Gasteiger partial charge is 0.384 e. The molecule has 2 rings (SSSR count). The van der Waals surface area contributed by atoms with Crippen molar-refractivity contribution in [2.45, 2.75) is 26.2 Å². The Morgan fingerprint density at radius 1 is 1.53 bits per heavy atom. The van der Waals surface area contributed by atoms with E-state index in [2.05, 4.69) is 17.6 Å². The van der Waals surface area contributed by atoms with Crippen molar-refractivity contribution in [2.24, 2.45) is 17.3 Å². The molecule has 1 heterocycles. The average molecular weight is 240 g/mol. The Balaban J connectivity index is 1.71.